The summed E-state index contributed by atoms with van der Waals surface area (Å²) < 4.78 is 65.6. The normalized spacial score (nSPS) is 13.2. The predicted molar refractivity (Wildman–Crippen MR) is 89.5 cm³/mol. The monoisotopic (exact) mass is 386 g/mol. The number of carbonyl (C=O) groups excluding carboxylic acids is 1. The zero-order chi connectivity index (χ0) is 19.4. The van der Waals surface area contributed by atoms with E-state index in [4.69, 9.17) is 0 Å². The van der Waals surface area contributed by atoms with Crippen molar-refractivity contribution in [3.8, 4) is 0 Å². The molecule has 0 aliphatic rings. The summed E-state index contributed by atoms with van der Waals surface area (Å²) in [5.74, 6) is -0.651. The van der Waals surface area contributed by atoms with Gasteiger partial charge in [-0.1, -0.05) is 42.5 Å². The van der Waals surface area contributed by atoms with Gasteiger partial charge in [-0.15, -0.1) is 0 Å². The maximum atomic E-state index is 13.0. The van der Waals surface area contributed by atoms with E-state index in [1.54, 1.807) is 30.3 Å². The third kappa shape index (κ3) is 5.06. The van der Waals surface area contributed by atoms with Crippen molar-refractivity contribution in [1.82, 2.24) is 10.0 Å². The van der Waals surface area contributed by atoms with Crippen molar-refractivity contribution in [1.29, 1.82) is 0 Å². The Balaban J connectivity index is 2.10. The average Bonchev–Trinajstić information content (AvgIpc) is 2.59. The van der Waals surface area contributed by atoms with Crippen LogP contribution in [0.15, 0.2) is 59.5 Å². The summed E-state index contributed by atoms with van der Waals surface area (Å²) in [7, 11) is -4.53. The minimum atomic E-state index is -4.83. The van der Waals surface area contributed by atoms with Gasteiger partial charge in [0.15, 0.2) is 0 Å². The molecule has 0 aliphatic carbocycles. The number of amides is 1. The number of hydrogen-bond acceptors (Lipinski definition) is 3. The zero-order valence-electron chi connectivity index (χ0n) is 13.7. The predicted octanol–water partition coefficient (Wildman–Crippen LogP) is 2.69. The molecule has 26 heavy (non-hydrogen) atoms. The highest BCUT2D eigenvalue weighted by atomic mass is 32.2. The highest BCUT2D eigenvalue weighted by Gasteiger charge is 2.37. The molecule has 2 aromatic rings. The Labute approximate surface area is 149 Å². The summed E-state index contributed by atoms with van der Waals surface area (Å²) >= 11 is 0. The molecule has 2 N–H and O–H groups in total. The number of nitrogens with one attached hydrogen (secondary N) is 2. The van der Waals surface area contributed by atoms with Crippen LogP contribution in [-0.4, -0.2) is 20.4 Å². The van der Waals surface area contributed by atoms with Crippen LogP contribution in [0.3, 0.4) is 0 Å². The fourth-order valence-electron chi connectivity index (χ4n) is 2.22. The Kier molecular flexibility index (Phi) is 6.04. The molecule has 1 atom stereocenters. The van der Waals surface area contributed by atoms with Crippen molar-refractivity contribution < 1.29 is 26.4 Å². The first-order valence-corrected chi connectivity index (χ1v) is 9.10. The molecule has 0 unspecified atom stereocenters. The molecule has 9 heteroatoms. The topological polar surface area (TPSA) is 75.3 Å². The molecule has 0 bridgehead atoms. The summed E-state index contributed by atoms with van der Waals surface area (Å²) in [6, 6.07) is 11.5. The smallest absolute Gasteiger partial charge is 0.351 e. The number of halogens is 3. The Morgan fingerprint density at radius 1 is 1.04 bits per heavy atom. The maximum absolute atomic E-state index is 13.0. The number of carbonyl (C=O) groups is 1. The molecule has 0 saturated carbocycles. The van der Waals surface area contributed by atoms with Crippen molar-refractivity contribution in [3.63, 3.8) is 0 Å². The first-order chi connectivity index (χ1) is 12.1. The molecule has 0 heterocycles. The summed E-state index contributed by atoms with van der Waals surface area (Å²) in [4.78, 5) is 11.1. The molecule has 140 valence electrons. The van der Waals surface area contributed by atoms with Crippen LogP contribution in [0.5, 0.6) is 0 Å². The molecule has 1 amide bonds. The van der Waals surface area contributed by atoms with E-state index in [2.05, 4.69) is 5.32 Å². The van der Waals surface area contributed by atoms with Gasteiger partial charge in [-0.05, 0) is 24.6 Å². The fourth-order valence-corrected chi connectivity index (χ4v) is 3.65. The van der Waals surface area contributed by atoms with Crippen molar-refractivity contribution >= 4 is 15.9 Å². The van der Waals surface area contributed by atoms with Crippen LogP contribution in [0.2, 0.25) is 0 Å². The molecular formula is C17H17F3N2O3S. The van der Waals surface area contributed by atoms with Crippen LogP contribution in [0.1, 0.15) is 18.1 Å². The Morgan fingerprint density at radius 3 is 2.23 bits per heavy atom. The molecule has 5 nitrogen and oxygen atoms in total. The van der Waals surface area contributed by atoms with Gasteiger partial charge in [-0.25, -0.2) is 8.42 Å². The molecule has 2 rings (SSSR count). The van der Waals surface area contributed by atoms with Crippen molar-refractivity contribution in [3.05, 3.63) is 65.7 Å². The standard InChI is InChI=1S/C17H17F3N2O3S/c1-12(16(23)21-11-13-7-3-2-4-8-13)22-26(24,25)15-10-6-5-9-14(15)17(18,19)20/h2-10,12,22H,11H2,1H3,(H,21,23)/t12-/m0/s1. The van der Waals surface area contributed by atoms with Crippen molar-refractivity contribution in [2.75, 3.05) is 0 Å². The lowest BCUT2D eigenvalue weighted by atomic mass is 10.2. The van der Waals surface area contributed by atoms with Gasteiger partial charge < -0.3 is 5.32 Å². The molecule has 0 spiro atoms. The maximum Gasteiger partial charge on any atom is 0.417 e. The molecule has 2 aromatic carbocycles. The molecular weight excluding hydrogens is 369 g/mol. The van der Waals surface area contributed by atoms with Crippen LogP contribution < -0.4 is 10.0 Å². The van der Waals surface area contributed by atoms with Crippen molar-refractivity contribution in [2.45, 2.75) is 30.6 Å². The van der Waals surface area contributed by atoms with Crippen LogP contribution in [0, 0.1) is 0 Å². The lowest BCUT2D eigenvalue weighted by molar-refractivity contribution is -0.139. The lowest BCUT2D eigenvalue weighted by Crippen LogP contribution is -2.44. The number of alkyl halides is 3. The van der Waals surface area contributed by atoms with E-state index in [9.17, 15) is 26.4 Å². The minimum absolute atomic E-state index is 0.172. The fraction of sp³-hybridized carbons (Fsp3) is 0.235. The van der Waals surface area contributed by atoms with E-state index in [-0.39, 0.29) is 6.54 Å². The summed E-state index contributed by atoms with van der Waals surface area (Å²) in [5.41, 5.74) is -0.484. The first-order valence-electron chi connectivity index (χ1n) is 7.61. The van der Waals surface area contributed by atoms with E-state index in [1.165, 1.54) is 13.0 Å². The van der Waals surface area contributed by atoms with E-state index in [1.807, 2.05) is 4.72 Å². The Hall–Kier alpha value is -2.39. The first kappa shape index (κ1) is 19.9. The number of sulfonamides is 1. The Morgan fingerprint density at radius 2 is 1.62 bits per heavy atom. The highest BCUT2D eigenvalue weighted by molar-refractivity contribution is 7.89. The number of hydrogen-bond donors (Lipinski definition) is 2. The van der Waals surface area contributed by atoms with Gasteiger partial charge in [0.1, 0.15) is 0 Å². The summed E-state index contributed by atoms with van der Waals surface area (Å²) in [5, 5.41) is 2.53. The third-order valence-electron chi connectivity index (χ3n) is 3.52. The van der Waals surface area contributed by atoms with E-state index in [0.717, 1.165) is 17.7 Å². The number of benzene rings is 2. The van der Waals surface area contributed by atoms with Crippen LogP contribution in [-0.2, 0) is 27.5 Å². The molecule has 0 aromatic heterocycles. The second-order valence-electron chi connectivity index (χ2n) is 5.54. The summed E-state index contributed by atoms with van der Waals surface area (Å²) in [6.07, 6.45) is -4.83. The van der Waals surface area contributed by atoms with Gasteiger partial charge in [0.25, 0.3) is 0 Å². The van der Waals surface area contributed by atoms with Gasteiger partial charge in [-0.2, -0.15) is 17.9 Å². The van der Waals surface area contributed by atoms with Gasteiger partial charge in [-0.3, -0.25) is 4.79 Å². The highest BCUT2D eigenvalue weighted by Crippen LogP contribution is 2.33. The largest absolute Gasteiger partial charge is 0.417 e. The second-order valence-corrected chi connectivity index (χ2v) is 7.22. The van der Waals surface area contributed by atoms with Gasteiger partial charge in [0.05, 0.1) is 16.5 Å². The van der Waals surface area contributed by atoms with E-state index < -0.39 is 38.6 Å². The second kappa shape index (κ2) is 7.88. The zero-order valence-corrected chi connectivity index (χ0v) is 14.6. The third-order valence-corrected chi connectivity index (χ3v) is 5.12. The molecule has 0 fully saturated rings. The molecule has 0 aliphatic heterocycles. The quantitative estimate of drug-likeness (QED) is 0.802. The lowest BCUT2D eigenvalue weighted by Gasteiger charge is -2.17. The van der Waals surface area contributed by atoms with E-state index >= 15 is 0 Å². The molecule has 0 saturated heterocycles. The van der Waals surface area contributed by atoms with Gasteiger partial charge >= 0.3 is 6.18 Å². The Bertz CT molecular complexity index is 868. The van der Waals surface area contributed by atoms with Crippen LogP contribution in [0.4, 0.5) is 13.2 Å². The van der Waals surface area contributed by atoms with Gasteiger partial charge in [0, 0.05) is 6.54 Å². The average molecular weight is 386 g/mol. The minimum Gasteiger partial charge on any atom is -0.351 e. The number of rotatable bonds is 6. The molecule has 0 radical (unpaired) electrons. The van der Waals surface area contributed by atoms with Crippen LogP contribution >= 0.6 is 0 Å². The van der Waals surface area contributed by atoms with Crippen LogP contribution in [0.25, 0.3) is 0 Å². The summed E-state index contributed by atoms with van der Waals surface area (Å²) in [6.45, 7) is 1.43. The SMILES string of the molecule is C[C@H](NS(=O)(=O)c1ccccc1C(F)(F)F)C(=O)NCc1ccccc1. The van der Waals surface area contributed by atoms with Gasteiger partial charge in [0.2, 0.25) is 15.9 Å². The van der Waals surface area contributed by atoms with E-state index in [0.29, 0.717) is 6.07 Å². The van der Waals surface area contributed by atoms with Crippen molar-refractivity contribution in [2.24, 2.45) is 0 Å².